The van der Waals surface area contributed by atoms with Gasteiger partial charge in [0.1, 0.15) is 23.3 Å². The summed E-state index contributed by atoms with van der Waals surface area (Å²) in [5.74, 6) is 0.994. The summed E-state index contributed by atoms with van der Waals surface area (Å²) in [5.41, 5.74) is 2.99. The van der Waals surface area contributed by atoms with Crippen molar-refractivity contribution in [3.05, 3.63) is 54.1 Å². The van der Waals surface area contributed by atoms with Gasteiger partial charge in [-0.25, -0.2) is 0 Å². The summed E-state index contributed by atoms with van der Waals surface area (Å²) in [5, 5.41) is 8.95. The number of ether oxygens (including phenoxy) is 1. The number of nitrogens with zero attached hydrogens (tertiary/aromatic N) is 5. The summed E-state index contributed by atoms with van der Waals surface area (Å²) in [7, 11) is 0. The Morgan fingerprint density at radius 1 is 0.909 bits per heavy atom. The van der Waals surface area contributed by atoms with E-state index in [1.54, 1.807) is 0 Å². The standard InChI is InChI=1S/C26H33N5O2/c32-26(20-31-27-24-10-1-2-11-25(24)28-31)30-15-6-18-33-23-9-5-7-21(19-23)12-13-22-8-3-4-14-29(22)16-17-30/h1-2,5,7,9-11,19,22H,3-4,6,8,12-18,20H2. The van der Waals surface area contributed by atoms with Crippen molar-refractivity contribution in [2.24, 2.45) is 0 Å². The highest BCUT2D eigenvalue weighted by Crippen LogP contribution is 2.23. The van der Waals surface area contributed by atoms with Crippen molar-refractivity contribution in [3.63, 3.8) is 0 Å². The van der Waals surface area contributed by atoms with E-state index in [-0.39, 0.29) is 12.5 Å². The van der Waals surface area contributed by atoms with Gasteiger partial charge >= 0.3 is 0 Å². The first-order chi connectivity index (χ1) is 16.2. The number of hydrogen-bond donors (Lipinski definition) is 0. The molecule has 2 aliphatic heterocycles. The molecule has 1 amide bonds. The first-order valence-corrected chi connectivity index (χ1v) is 12.3. The van der Waals surface area contributed by atoms with E-state index in [4.69, 9.17) is 4.74 Å². The highest BCUT2D eigenvalue weighted by atomic mass is 16.5. The van der Waals surface area contributed by atoms with Crippen LogP contribution in [0.3, 0.4) is 0 Å². The number of piperidine rings is 1. The summed E-state index contributed by atoms with van der Waals surface area (Å²) in [6.45, 7) is 4.23. The zero-order chi connectivity index (χ0) is 22.5. The van der Waals surface area contributed by atoms with Gasteiger partial charge in [-0.05, 0) is 68.5 Å². The summed E-state index contributed by atoms with van der Waals surface area (Å²) in [6.07, 6.45) is 6.81. The number of aromatic nitrogens is 3. The molecular formula is C26H33N5O2. The molecule has 7 heteroatoms. The van der Waals surface area contributed by atoms with Crippen LogP contribution in [0.25, 0.3) is 11.0 Å². The van der Waals surface area contributed by atoms with E-state index >= 15 is 0 Å². The molecule has 1 aromatic heterocycles. The normalized spacial score (nSPS) is 20.6. The van der Waals surface area contributed by atoms with E-state index in [1.165, 1.54) is 29.6 Å². The first-order valence-electron chi connectivity index (χ1n) is 12.3. The molecule has 1 unspecified atom stereocenters. The van der Waals surface area contributed by atoms with Crippen LogP contribution in [-0.4, -0.2) is 69.5 Å². The van der Waals surface area contributed by atoms with Gasteiger partial charge in [0.2, 0.25) is 5.91 Å². The molecule has 1 saturated heterocycles. The van der Waals surface area contributed by atoms with Crippen LogP contribution in [-0.2, 0) is 17.8 Å². The van der Waals surface area contributed by atoms with Gasteiger partial charge in [-0.2, -0.15) is 15.0 Å². The van der Waals surface area contributed by atoms with Crippen LogP contribution in [0, 0.1) is 0 Å². The third kappa shape index (κ3) is 5.53. The molecule has 3 aromatic rings. The van der Waals surface area contributed by atoms with E-state index in [0.717, 1.165) is 55.7 Å². The smallest absolute Gasteiger partial charge is 0.246 e. The predicted molar refractivity (Wildman–Crippen MR) is 128 cm³/mol. The summed E-state index contributed by atoms with van der Waals surface area (Å²) < 4.78 is 6.01. The number of carbonyl (C=O) groups excluding carboxylic acids is 1. The van der Waals surface area contributed by atoms with E-state index in [2.05, 4.69) is 33.3 Å². The zero-order valence-electron chi connectivity index (χ0n) is 19.2. The molecule has 174 valence electrons. The van der Waals surface area contributed by atoms with Crippen molar-refractivity contribution in [3.8, 4) is 5.75 Å². The molecule has 0 spiro atoms. The van der Waals surface area contributed by atoms with E-state index in [0.29, 0.717) is 19.2 Å². The van der Waals surface area contributed by atoms with Crippen LogP contribution < -0.4 is 4.74 Å². The number of aryl methyl sites for hydroxylation is 1. The third-order valence-electron chi connectivity index (χ3n) is 6.87. The van der Waals surface area contributed by atoms with Gasteiger partial charge in [0.15, 0.2) is 0 Å². The Morgan fingerprint density at radius 2 is 1.76 bits per heavy atom. The third-order valence-corrected chi connectivity index (χ3v) is 6.87. The summed E-state index contributed by atoms with van der Waals surface area (Å²) >= 11 is 0. The highest BCUT2D eigenvalue weighted by Gasteiger charge is 2.24. The molecule has 2 aliphatic rings. The van der Waals surface area contributed by atoms with Gasteiger partial charge in [-0.3, -0.25) is 9.69 Å². The van der Waals surface area contributed by atoms with Gasteiger partial charge in [-0.1, -0.05) is 30.7 Å². The maximum atomic E-state index is 13.3. The largest absolute Gasteiger partial charge is 0.494 e. The fourth-order valence-electron chi connectivity index (χ4n) is 5.06. The molecule has 0 saturated carbocycles. The lowest BCUT2D eigenvalue weighted by Gasteiger charge is -2.37. The zero-order valence-corrected chi connectivity index (χ0v) is 19.2. The molecule has 1 fully saturated rings. The number of rotatable bonds is 2. The second-order valence-corrected chi connectivity index (χ2v) is 9.17. The van der Waals surface area contributed by atoms with Crippen molar-refractivity contribution < 1.29 is 9.53 Å². The number of amides is 1. The molecule has 0 N–H and O–H groups in total. The van der Waals surface area contributed by atoms with Gasteiger partial charge in [0.25, 0.3) is 0 Å². The maximum absolute atomic E-state index is 13.3. The predicted octanol–water partition coefficient (Wildman–Crippen LogP) is 3.53. The number of carbonyl (C=O) groups is 1. The summed E-state index contributed by atoms with van der Waals surface area (Å²) in [6, 6.07) is 16.8. The molecule has 5 rings (SSSR count). The van der Waals surface area contributed by atoms with Gasteiger partial charge in [0, 0.05) is 25.7 Å². The van der Waals surface area contributed by atoms with Gasteiger partial charge < -0.3 is 9.64 Å². The van der Waals surface area contributed by atoms with Crippen molar-refractivity contribution in [2.75, 3.05) is 32.8 Å². The van der Waals surface area contributed by atoms with E-state index in [1.807, 2.05) is 35.2 Å². The molecule has 33 heavy (non-hydrogen) atoms. The minimum atomic E-state index is 0.0676. The number of fused-ring (bicyclic) bond motifs is 4. The van der Waals surface area contributed by atoms with Gasteiger partial charge in [0.05, 0.1) is 6.61 Å². The number of benzene rings is 2. The fourth-order valence-corrected chi connectivity index (χ4v) is 5.06. The average molecular weight is 448 g/mol. The molecular weight excluding hydrogens is 414 g/mol. The Balaban J connectivity index is 1.30. The van der Waals surface area contributed by atoms with Crippen LogP contribution in [0.15, 0.2) is 48.5 Å². The topological polar surface area (TPSA) is 63.5 Å². The second kappa shape index (κ2) is 10.3. The number of hydrogen-bond acceptors (Lipinski definition) is 5. The molecule has 2 bridgehead atoms. The Bertz CT molecular complexity index is 1050. The molecule has 1 atom stereocenters. The first kappa shape index (κ1) is 21.9. The van der Waals surface area contributed by atoms with Crippen LogP contribution in [0.1, 0.15) is 37.7 Å². The monoisotopic (exact) mass is 447 g/mol. The SMILES string of the molecule is O=C(Cn1nc2ccccc2n1)N1CCCOc2cccc(c2)CCC2CCCCN2CC1. The van der Waals surface area contributed by atoms with Crippen LogP contribution in [0.5, 0.6) is 5.75 Å². The van der Waals surface area contributed by atoms with Crippen LogP contribution >= 0.6 is 0 Å². The lowest BCUT2D eigenvalue weighted by Crippen LogP contribution is -2.46. The van der Waals surface area contributed by atoms with Crippen molar-refractivity contribution in [1.82, 2.24) is 24.8 Å². The van der Waals surface area contributed by atoms with Gasteiger partial charge in [-0.15, -0.1) is 0 Å². The quantitative estimate of drug-likeness (QED) is 0.601. The van der Waals surface area contributed by atoms with Crippen LogP contribution in [0.4, 0.5) is 0 Å². The van der Waals surface area contributed by atoms with Crippen molar-refractivity contribution >= 4 is 16.9 Å². The average Bonchev–Trinajstić information content (AvgIpc) is 3.25. The lowest BCUT2D eigenvalue weighted by atomic mass is 9.95. The Kier molecular flexibility index (Phi) is 6.86. The van der Waals surface area contributed by atoms with E-state index in [9.17, 15) is 4.79 Å². The second-order valence-electron chi connectivity index (χ2n) is 9.17. The molecule has 2 aromatic carbocycles. The van der Waals surface area contributed by atoms with Crippen LogP contribution in [0.2, 0.25) is 0 Å². The summed E-state index contributed by atoms with van der Waals surface area (Å²) in [4.78, 5) is 19.4. The fraction of sp³-hybridized carbons (Fsp3) is 0.500. The van der Waals surface area contributed by atoms with Crippen molar-refractivity contribution in [2.45, 2.75) is 51.1 Å². The molecule has 7 nitrogen and oxygen atoms in total. The highest BCUT2D eigenvalue weighted by molar-refractivity contribution is 5.77. The Hall–Kier alpha value is -2.93. The molecule has 0 aliphatic carbocycles. The van der Waals surface area contributed by atoms with Crippen molar-refractivity contribution in [1.29, 1.82) is 0 Å². The minimum absolute atomic E-state index is 0.0676. The molecule has 3 heterocycles. The lowest BCUT2D eigenvalue weighted by molar-refractivity contribution is -0.132. The maximum Gasteiger partial charge on any atom is 0.246 e. The minimum Gasteiger partial charge on any atom is -0.494 e. The van der Waals surface area contributed by atoms with E-state index < -0.39 is 0 Å². The Labute approximate surface area is 195 Å². The Morgan fingerprint density at radius 3 is 2.61 bits per heavy atom. The molecule has 0 radical (unpaired) electrons.